The Morgan fingerprint density at radius 2 is 2.20 bits per heavy atom. The van der Waals surface area contributed by atoms with Crippen molar-refractivity contribution in [2.75, 3.05) is 0 Å². The highest BCUT2D eigenvalue weighted by Gasteiger charge is 2.12. The molecule has 1 unspecified atom stereocenters. The van der Waals surface area contributed by atoms with E-state index in [2.05, 4.69) is 10.6 Å². The summed E-state index contributed by atoms with van der Waals surface area (Å²) in [6.45, 7) is 0. The molecule has 0 bridgehead atoms. The number of carbonyl (C=O) groups excluding carboxylic acids is 1. The van der Waals surface area contributed by atoms with Crippen molar-refractivity contribution in [2.45, 2.75) is 11.9 Å². The zero-order chi connectivity index (χ0) is 10.5. The maximum absolute atomic E-state index is 11.6. The molecule has 1 heterocycles. The van der Waals surface area contributed by atoms with Crippen LogP contribution in [0.25, 0.3) is 0 Å². The lowest BCUT2D eigenvalue weighted by Crippen LogP contribution is -2.39. The second-order valence-corrected chi connectivity index (χ2v) is 4.23. The van der Waals surface area contributed by atoms with E-state index in [1.54, 1.807) is 11.8 Å². The maximum atomic E-state index is 11.6. The van der Waals surface area contributed by atoms with E-state index >= 15 is 0 Å². The van der Waals surface area contributed by atoms with Gasteiger partial charge in [-0.3, -0.25) is 4.79 Å². The summed E-state index contributed by atoms with van der Waals surface area (Å²) in [6.07, 6.45) is 2.26. The Bertz CT molecular complexity index is 356. The molecule has 1 amide bonds. The lowest BCUT2D eigenvalue weighted by molar-refractivity contribution is -0.120. The van der Waals surface area contributed by atoms with Gasteiger partial charge in [0.1, 0.15) is 0 Å². The third-order valence-corrected chi connectivity index (χ3v) is 2.85. The Morgan fingerprint density at radius 1 is 1.40 bits per heavy atom. The van der Waals surface area contributed by atoms with E-state index in [4.69, 9.17) is 0 Å². The Balaban J connectivity index is 1.82. The van der Waals surface area contributed by atoms with Gasteiger partial charge in [-0.25, -0.2) is 0 Å². The number of amides is 1. The highest BCUT2D eigenvalue weighted by atomic mass is 32.2. The van der Waals surface area contributed by atoms with Gasteiger partial charge in [-0.2, -0.15) is 0 Å². The van der Waals surface area contributed by atoms with Gasteiger partial charge < -0.3 is 10.6 Å². The van der Waals surface area contributed by atoms with Crippen molar-refractivity contribution in [2.24, 2.45) is 0 Å². The second-order valence-electron chi connectivity index (χ2n) is 3.22. The molecule has 0 saturated heterocycles. The predicted molar refractivity (Wildman–Crippen MR) is 61.9 cm³/mol. The summed E-state index contributed by atoms with van der Waals surface area (Å²) in [5.41, 5.74) is 1.02. The minimum absolute atomic E-state index is 0.0128. The van der Waals surface area contributed by atoms with Crippen LogP contribution in [-0.2, 0) is 11.2 Å². The van der Waals surface area contributed by atoms with Crippen LogP contribution in [0.15, 0.2) is 41.9 Å². The smallest absolute Gasteiger partial charge is 0.226 e. The molecule has 1 aliphatic heterocycles. The summed E-state index contributed by atoms with van der Waals surface area (Å²) in [5.74, 6) is 0.0369. The molecular weight excluding hydrogens is 208 g/mol. The molecule has 0 spiro atoms. The lowest BCUT2D eigenvalue weighted by Gasteiger charge is -2.12. The third-order valence-electron chi connectivity index (χ3n) is 2.03. The third kappa shape index (κ3) is 3.02. The number of benzene rings is 1. The monoisotopic (exact) mass is 220 g/mol. The van der Waals surface area contributed by atoms with E-state index in [0.29, 0.717) is 6.42 Å². The van der Waals surface area contributed by atoms with Crippen LogP contribution in [0, 0.1) is 0 Å². The minimum atomic E-state index is -0.0128. The molecule has 2 N–H and O–H groups in total. The summed E-state index contributed by atoms with van der Waals surface area (Å²) >= 11 is 1.56. The Kier molecular flexibility index (Phi) is 3.29. The fraction of sp³-hybridized carbons (Fsp3) is 0.182. The largest absolute Gasteiger partial charge is 0.362 e. The van der Waals surface area contributed by atoms with E-state index < -0.39 is 0 Å². The zero-order valence-corrected chi connectivity index (χ0v) is 8.96. The molecule has 0 fully saturated rings. The number of nitrogens with one attached hydrogen (secondary N) is 2. The van der Waals surface area contributed by atoms with Gasteiger partial charge in [-0.1, -0.05) is 42.1 Å². The molecule has 0 aromatic heterocycles. The average Bonchev–Trinajstić information content (AvgIpc) is 2.71. The van der Waals surface area contributed by atoms with Crippen molar-refractivity contribution in [3.8, 4) is 0 Å². The number of hydrogen-bond donors (Lipinski definition) is 2. The van der Waals surface area contributed by atoms with Gasteiger partial charge in [-0.15, -0.1) is 0 Å². The van der Waals surface area contributed by atoms with E-state index in [0.717, 1.165) is 5.56 Å². The molecule has 1 aromatic rings. The van der Waals surface area contributed by atoms with Crippen LogP contribution in [0.3, 0.4) is 0 Å². The van der Waals surface area contributed by atoms with Gasteiger partial charge in [0.2, 0.25) is 5.91 Å². The molecule has 1 aliphatic rings. The summed E-state index contributed by atoms with van der Waals surface area (Å²) in [4.78, 5) is 11.6. The number of carbonyl (C=O) groups is 1. The van der Waals surface area contributed by atoms with Crippen LogP contribution in [0.1, 0.15) is 5.56 Å². The quantitative estimate of drug-likeness (QED) is 0.810. The zero-order valence-electron chi connectivity index (χ0n) is 8.14. The SMILES string of the molecule is O=C(Cc1ccccc1)NC1NC=CS1. The van der Waals surface area contributed by atoms with E-state index in [1.165, 1.54) is 0 Å². The molecule has 0 saturated carbocycles. The van der Waals surface area contributed by atoms with Gasteiger partial charge >= 0.3 is 0 Å². The summed E-state index contributed by atoms with van der Waals surface area (Å²) < 4.78 is 0. The van der Waals surface area contributed by atoms with Gasteiger partial charge in [0.05, 0.1) is 6.42 Å². The maximum Gasteiger partial charge on any atom is 0.226 e. The van der Waals surface area contributed by atoms with Crippen molar-refractivity contribution < 1.29 is 4.79 Å². The van der Waals surface area contributed by atoms with E-state index in [9.17, 15) is 4.79 Å². The summed E-state index contributed by atoms with van der Waals surface area (Å²) in [7, 11) is 0. The van der Waals surface area contributed by atoms with Crippen LogP contribution in [0.2, 0.25) is 0 Å². The van der Waals surface area contributed by atoms with Crippen molar-refractivity contribution in [3.63, 3.8) is 0 Å². The molecule has 1 atom stereocenters. The average molecular weight is 220 g/mol. The Morgan fingerprint density at radius 3 is 2.87 bits per heavy atom. The van der Waals surface area contributed by atoms with Crippen LogP contribution < -0.4 is 10.6 Å². The molecular formula is C11H12N2OS. The molecule has 15 heavy (non-hydrogen) atoms. The first-order valence-electron chi connectivity index (χ1n) is 4.74. The molecule has 0 aliphatic carbocycles. The van der Waals surface area contributed by atoms with Crippen molar-refractivity contribution in [3.05, 3.63) is 47.5 Å². The van der Waals surface area contributed by atoms with Crippen LogP contribution in [0.4, 0.5) is 0 Å². The summed E-state index contributed by atoms with van der Waals surface area (Å²) in [6, 6.07) is 9.72. The summed E-state index contributed by atoms with van der Waals surface area (Å²) in [5, 5.41) is 7.83. The normalized spacial score (nSPS) is 18.5. The highest BCUT2D eigenvalue weighted by molar-refractivity contribution is 8.02. The molecule has 0 radical (unpaired) electrons. The van der Waals surface area contributed by atoms with Gasteiger partial charge in [-0.05, 0) is 11.0 Å². The van der Waals surface area contributed by atoms with Gasteiger partial charge in [0, 0.05) is 6.20 Å². The van der Waals surface area contributed by atoms with Crippen molar-refractivity contribution in [1.29, 1.82) is 0 Å². The topological polar surface area (TPSA) is 41.1 Å². The van der Waals surface area contributed by atoms with Gasteiger partial charge in [0.15, 0.2) is 5.50 Å². The molecule has 78 valence electrons. The molecule has 1 aromatic carbocycles. The van der Waals surface area contributed by atoms with Crippen molar-refractivity contribution in [1.82, 2.24) is 10.6 Å². The number of rotatable bonds is 3. The number of thioether (sulfide) groups is 1. The van der Waals surface area contributed by atoms with E-state index in [-0.39, 0.29) is 11.4 Å². The first-order chi connectivity index (χ1) is 7.34. The Labute approximate surface area is 92.9 Å². The molecule has 4 heteroatoms. The van der Waals surface area contributed by atoms with Gasteiger partial charge in [0.25, 0.3) is 0 Å². The fourth-order valence-corrected chi connectivity index (χ4v) is 2.01. The van der Waals surface area contributed by atoms with Crippen LogP contribution in [-0.4, -0.2) is 11.4 Å². The first-order valence-corrected chi connectivity index (χ1v) is 5.69. The second kappa shape index (κ2) is 4.89. The predicted octanol–water partition coefficient (Wildman–Crippen LogP) is 1.44. The lowest BCUT2D eigenvalue weighted by atomic mass is 10.1. The highest BCUT2D eigenvalue weighted by Crippen LogP contribution is 2.12. The van der Waals surface area contributed by atoms with Crippen LogP contribution >= 0.6 is 11.8 Å². The van der Waals surface area contributed by atoms with Crippen LogP contribution in [0.5, 0.6) is 0 Å². The first kappa shape index (κ1) is 10.1. The minimum Gasteiger partial charge on any atom is -0.362 e. The van der Waals surface area contributed by atoms with E-state index in [1.807, 2.05) is 41.9 Å². The van der Waals surface area contributed by atoms with Crippen molar-refractivity contribution >= 4 is 17.7 Å². The standard InChI is InChI=1S/C11H12N2OS/c14-10(13-11-12-6-7-15-11)8-9-4-2-1-3-5-9/h1-7,11-12H,8H2,(H,13,14). The number of hydrogen-bond acceptors (Lipinski definition) is 3. The fourth-order valence-electron chi connectivity index (χ4n) is 1.34. The molecule has 2 rings (SSSR count). The Hall–Kier alpha value is -1.42. The molecule has 3 nitrogen and oxygen atoms in total.